The van der Waals surface area contributed by atoms with Gasteiger partial charge < -0.3 is 20.1 Å². The smallest absolute Gasteiger partial charge is 0.410 e. The molecule has 2 fully saturated rings. The Morgan fingerprint density at radius 2 is 1.95 bits per heavy atom. The Labute approximate surface area is 134 Å². The van der Waals surface area contributed by atoms with Gasteiger partial charge in [0, 0.05) is 25.7 Å². The number of nitrogens with one attached hydrogen (secondary N) is 1. The molecule has 22 heavy (non-hydrogen) atoms. The van der Waals surface area contributed by atoms with Gasteiger partial charge in [-0.2, -0.15) is 0 Å². The molecule has 1 amide bonds. The van der Waals surface area contributed by atoms with E-state index in [1.54, 1.807) is 4.90 Å². The van der Waals surface area contributed by atoms with Crippen LogP contribution in [-0.4, -0.2) is 53.0 Å². The molecule has 1 saturated heterocycles. The number of nitrogens with zero attached hydrogens (tertiary/aromatic N) is 1. The topological polar surface area (TPSA) is 61.8 Å². The summed E-state index contributed by atoms with van der Waals surface area (Å²) in [7, 11) is 0. The van der Waals surface area contributed by atoms with E-state index < -0.39 is 11.2 Å². The second-order valence-corrected chi connectivity index (χ2v) is 8.20. The van der Waals surface area contributed by atoms with Crippen molar-refractivity contribution in [2.24, 2.45) is 5.92 Å². The maximum atomic E-state index is 12.0. The zero-order chi connectivity index (χ0) is 16.4. The van der Waals surface area contributed by atoms with Crippen molar-refractivity contribution in [2.75, 3.05) is 19.6 Å². The number of likely N-dealkylation sites (tertiary alicyclic amines) is 1. The van der Waals surface area contributed by atoms with Crippen LogP contribution in [-0.2, 0) is 4.74 Å². The van der Waals surface area contributed by atoms with Gasteiger partial charge in [-0.25, -0.2) is 4.79 Å². The van der Waals surface area contributed by atoms with Crippen molar-refractivity contribution in [3.8, 4) is 0 Å². The number of ether oxygens (including phenoxy) is 1. The number of carbonyl (C=O) groups excluding carboxylic acids is 1. The van der Waals surface area contributed by atoms with Crippen LogP contribution < -0.4 is 5.32 Å². The molecule has 0 spiro atoms. The van der Waals surface area contributed by atoms with Gasteiger partial charge in [0.1, 0.15) is 5.60 Å². The van der Waals surface area contributed by atoms with Gasteiger partial charge in [-0.05, 0) is 58.8 Å². The Balaban J connectivity index is 1.73. The van der Waals surface area contributed by atoms with E-state index in [1.807, 2.05) is 20.8 Å². The van der Waals surface area contributed by atoms with Crippen LogP contribution in [0.2, 0.25) is 0 Å². The lowest BCUT2D eigenvalue weighted by Crippen LogP contribution is -2.47. The van der Waals surface area contributed by atoms with Crippen molar-refractivity contribution in [2.45, 2.75) is 77.0 Å². The Morgan fingerprint density at radius 1 is 1.32 bits per heavy atom. The van der Waals surface area contributed by atoms with Crippen LogP contribution in [0.25, 0.3) is 0 Å². The molecule has 1 atom stereocenters. The minimum absolute atomic E-state index is 0.234. The summed E-state index contributed by atoms with van der Waals surface area (Å²) < 4.78 is 5.41. The Morgan fingerprint density at radius 3 is 2.55 bits per heavy atom. The summed E-state index contributed by atoms with van der Waals surface area (Å²) >= 11 is 0. The SMILES string of the molecule is CC1CCC(O)(CNC2CCN(C(=O)OC(C)(C)C)C2)CC1. The Bertz CT molecular complexity index is 384. The van der Waals surface area contributed by atoms with Gasteiger partial charge in [-0.1, -0.05) is 6.92 Å². The highest BCUT2D eigenvalue weighted by molar-refractivity contribution is 5.68. The fourth-order valence-corrected chi connectivity index (χ4v) is 3.23. The van der Waals surface area contributed by atoms with E-state index in [1.165, 1.54) is 0 Å². The van der Waals surface area contributed by atoms with E-state index in [0.717, 1.165) is 44.6 Å². The molecular formula is C17H32N2O3. The molecule has 0 aromatic rings. The van der Waals surface area contributed by atoms with Crippen LogP contribution in [0.5, 0.6) is 0 Å². The number of aliphatic hydroxyl groups is 1. The molecule has 128 valence electrons. The van der Waals surface area contributed by atoms with Crippen LogP contribution in [0, 0.1) is 5.92 Å². The van der Waals surface area contributed by atoms with Gasteiger partial charge in [0.15, 0.2) is 0 Å². The second kappa shape index (κ2) is 6.75. The van der Waals surface area contributed by atoms with Gasteiger partial charge in [-0.3, -0.25) is 0 Å². The fourth-order valence-electron chi connectivity index (χ4n) is 3.23. The van der Waals surface area contributed by atoms with E-state index in [4.69, 9.17) is 4.74 Å². The molecule has 2 aliphatic rings. The zero-order valence-electron chi connectivity index (χ0n) is 14.5. The fraction of sp³-hybridized carbons (Fsp3) is 0.941. The first-order valence-electron chi connectivity index (χ1n) is 8.61. The van der Waals surface area contributed by atoms with Crippen molar-refractivity contribution in [3.63, 3.8) is 0 Å². The molecule has 0 radical (unpaired) electrons. The largest absolute Gasteiger partial charge is 0.444 e. The Hall–Kier alpha value is -0.810. The lowest BCUT2D eigenvalue weighted by molar-refractivity contribution is -0.00805. The molecule has 1 aliphatic carbocycles. The number of hydrogen-bond acceptors (Lipinski definition) is 4. The molecule has 0 bridgehead atoms. The molecule has 5 heteroatoms. The molecule has 2 rings (SSSR count). The van der Waals surface area contributed by atoms with Crippen molar-refractivity contribution in [1.82, 2.24) is 10.2 Å². The third-order valence-electron chi connectivity index (χ3n) is 4.76. The highest BCUT2D eigenvalue weighted by Crippen LogP contribution is 2.31. The standard InChI is InChI=1S/C17H32N2O3/c1-13-5-8-17(21,9-6-13)12-18-14-7-10-19(11-14)15(20)22-16(2,3)4/h13-14,18,21H,5-12H2,1-4H3. The monoisotopic (exact) mass is 312 g/mol. The third-order valence-corrected chi connectivity index (χ3v) is 4.76. The molecule has 1 heterocycles. The van der Waals surface area contributed by atoms with Crippen molar-refractivity contribution >= 4 is 6.09 Å². The third kappa shape index (κ3) is 5.13. The predicted molar refractivity (Wildman–Crippen MR) is 86.8 cm³/mol. The Kier molecular flexibility index (Phi) is 5.38. The summed E-state index contributed by atoms with van der Waals surface area (Å²) in [5, 5.41) is 14.1. The first-order chi connectivity index (χ1) is 10.2. The first-order valence-corrected chi connectivity index (χ1v) is 8.61. The van der Waals surface area contributed by atoms with Gasteiger partial charge in [0.05, 0.1) is 5.60 Å². The normalized spacial score (nSPS) is 33.0. The number of hydrogen-bond donors (Lipinski definition) is 2. The number of amides is 1. The lowest BCUT2D eigenvalue weighted by Gasteiger charge is -2.36. The highest BCUT2D eigenvalue weighted by atomic mass is 16.6. The van der Waals surface area contributed by atoms with Crippen LogP contribution in [0.3, 0.4) is 0 Å². The predicted octanol–water partition coefficient (Wildman–Crippen LogP) is 2.53. The number of carbonyl (C=O) groups is 1. The molecule has 1 unspecified atom stereocenters. The van der Waals surface area contributed by atoms with Gasteiger partial charge in [0.2, 0.25) is 0 Å². The molecular weight excluding hydrogens is 280 g/mol. The van der Waals surface area contributed by atoms with Crippen LogP contribution >= 0.6 is 0 Å². The average molecular weight is 312 g/mol. The second-order valence-electron chi connectivity index (χ2n) is 8.20. The summed E-state index contributed by atoms with van der Waals surface area (Å²) in [4.78, 5) is 13.8. The van der Waals surface area contributed by atoms with Crippen molar-refractivity contribution in [3.05, 3.63) is 0 Å². The summed E-state index contributed by atoms with van der Waals surface area (Å²) in [6.45, 7) is 9.93. The molecule has 5 nitrogen and oxygen atoms in total. The molecule has 1 aliphatic heterocycles. The quantitative estimate of drug-likeness (QED) is 0.840. The van der Waals surface area contributed by atoms with E-state index in [-0.39, 0.29) is 12.1 Å². The van der Waals surface area contributed by atoms with Crippen LogP contribution in [0.4, 0.5) is 4.79 Å². The molecule has 1 saturated carbocycles. The zero-order valence-corrected chi connectivity index (χ0v) is 14.5. The van der Waals surface area contributed by atoms with E-state index >= 15 is 0 Å². The lowest BCUT2D eigenvalue weighted by atomic mass is 9.79. The van der Waals surface area contributed by atoms with Crippen LogP contribution in [0.1, 0.15) is 59.8 Å². The molecule has 0 aromatic heterocycles. The first kappa shape index (κ1) is 17.5. The van der Waals surface area contributed by atoms with Crippen molar-refractivity contribution in [1.29, 1.82) is 0 Å². The molecule has 0 aromatic carbocycles. The maximum absolute atomic E-state index is 12.0. The highest BCUT2D eigenvalue weighted by Gasteiger charge is 2.34. The minimum atomic E-state index is -0.564. The maximum Gasteiger partial charge on any atom is 0.410 e. The summed E-state index contributed by atoms with van der Waals surface area (Å²) in [5.74, 6) is 0.731. The van der Waals surface area contributed by atoms with Gasteiger partial charge in [-0.15, -0.1) is 0 Å². The van der Waals surface area contributed by atoms with Crippen LogP contribution in [0.15, 0.2) is 0 Å². The van der Waals surface area contributed by atoms with E-state index in [9.17, 15) is 9.90 Å². The van der Waals surface area contributed by atoms with E-state index in [0.29, 0.717) is 13.1 Å². The average Bonchev–Trinajstić information content (AvgIpc) is 2.88. The number of rotatable bonds is 3. The summed E-state index contributed by atoms with van der Waals surface area (Å²) in [5.41, 5.74) is -1.01. The minimum Gasteiger partial charge on any atom is -0.444 e. The summed E-state index contributed by atoms with van der Waals surface area (Å²) in [6, 6.07) is 0.260. The van der Waals surface area contributed by atoms with Gasteiger partial charge in [0.25, 0.3) is 0 Å². The van der Waals surface area contributed by atoms with Gasteiger partial charge >= 0.3 is 6.09 Å². The molecule has 2 N–H and O–H groups in total. The summed E-state index contributed by atoms with van der Waals surface area (Å²) in [6.07, 6.45) is 4.65. The van der Waals surface area contributed by atoms with Crippen molar-refractivity contribution < 1.29 is 14.6 Å². The van der Waals surface area contributed by atoms with E-state index in [2.05, 4.69) is 12.2 Å².